The molecule has 41 heavy (non-hydrogen) atoms. The van der Waals surface area contributed by atoms with Gasteiger partial charge in [0, 0.05) is 11.1 Å². The molecule has 220 valence electrons. The van der Waals surface area contributed by atoms with E-state index in [2.05, 4.69) is 0 Å². The molecule has 1 aliphatic rings. The second-order valence-electron chi connectivity index (χ2n) is 10.9. The van der Waals surface area contributed by atoms with Crippen LogP contribution in [0.15, 0.2) is 60.2 Å². The first kappa shape index (κ1) is 32.2. The summed E-state index contributed by atoms with van der Waals surface area (Å²) in [7, 11) is -1.16. The average Bonchev–Trinajstić information content (AvgIpc) is 3.14. The number of hydrogen-bond donors (Lipinski definition) is 0. The number of halogens is 2. The number of unbranched alkanes of at least 4 members (excludes halogenated alkanes) is 1. The maximum Gasteiger partial charge on any atom is 0.495 e. The van der Waals surface area contributed by atoms with Crippen molar-refractivity contribution >= 4 is 30.3 Å². The van der Waals surface area contributed by atoms with Crippen LogP contribution in [0.2, 0.25) is 0 Å². The SMILES string of the molecule is CCOC(=O)C(F)(F)/C(CCCCOC(=O)c1ccc(C(C)=O)cc1)=C(/B1OC(C)(C)C(C)(C)O1)c1ccccc1. The number of hydrogen-bond acceptors (Lipinski definition) is 7. The van der Waals surface area contributed by atoms with Gasteiger partial charge in [-0.15, -0.1) is 0 Å². The Morgan fingerprint density at radius 3 is 1.93 bits per heavy atom. The molecule has 3 rings (SSSR count). The summed E-state index contributed by atoms with van der Waals surface area (Å²) in [5, 5.41) is 0. The zero-order valence-corrected chi connectivity index (χ0v) is 24.4. The van der Waals surface area contributed by atoms with Gasteiger partial charge in [-0.1, -0.05) is 42.5 Å². The van der Waals surface area contributed by atoms with E-state index in [9.17, 15) is 14.4 Å². The Hall–Kier alpha value is -3.37. The van der Waals surface area contributed by atoms with E-state index >= 15 is 8.78 Å². The van der Waals surface area contributed by atoms with Crippen molar-refractivity contribution in [3.8, 4) is 0 Å². The van der Waals surface area contributed by atoms with Crippen LogP contribution in [0.5, 0.6) is 0 Å². The molecular weight excluding hydrogens is 533 g/mol. The number of carbonyl (C=O) groups is 3. The highest BCUT2D eigenvalue weighted by Gasteiger charge is 2.55. The standard InChI is InChI=1S/C31H37BF2O7/c1-7-38-28(37)31(33,34)25(15-11-12-20-39-27(36)24-18-16-22(17-19-24)21(2)35)26(23-13-9-8-10-14-23)32-40-29(3,4)30(5,6)41-32/h8-10,13-14,16-19H,7,11-12,15,20H2,1-6H3/b26-25+. The first-order valence-corrected chi connectivity index (χ1v) is 13.7. The van der Waals surface area contributed by atoms with E-state index < -0.39 is 41.8 Å². The number of rotatable bonds is 12. The van der Waals surface area contributed by atoms with Gasteiger partial charge in [-0.25, -0.2) is 9.59 Å². The van der Waals surface area contributed by atoms with Gasteiger partial charge in [0.25, 0.3) is 0 Å². The van der Waals surface area contributed by atoms with Crippen molar-refractivity contribution in [3.63, 3.8) is 0 Å². The zero-order chi connectivity index (χ0) is 30.4. The number of alkyl halides is 2. The van der Waals surface area contributed by atoms with Gasteiger partial charge >= 0.3 is 25.0 Å². The molecule has 1 saturated heterocycles. The molecule has 0 aliphatic carbocycles. The Labute approximate surface area is 240 Å². The third-order valence-corrected chi connectivity index (χ3v) is 7.39. The van der Waals surface area contributed by atoms with Gasteiger partial charge in [0.1, 0.15) is 0 Å². The van der Waals surface area contributed by atoms with Gasteiger partial charge in [0.05, 0.1) is 30.0 Å². The topological polar surface area (TPSA) is 88.1 Å². The van der Waals surface area contributed by atoms with Crippen molar-refractivity contribution in [1.82, 2.24) is 0 Å². The van der Waals surface area contributed by atoms with Crippen molar-refractivity contribution in [3.05, 3.63) is 76.9 Å². The van der Waals surface area contributed by atoms with E-state index in [1.165, 1.54) is 38.1 Å². The lowest BCUT2D eigenvalue weighted by Gasteiger charge is -2.32. The van der Waals surface area contributed by atoms with Gasteiger partial charge in [-0.3, -0.25) is 4.79 Å². The molecule has 0 N–H and O–H groups in total. The molecule has 1 aliphatic heterocycles. The van der Waals surface area contributed by atoms with Crippen LogP contribution in [0.1, 0.15) is 87.1 Å². The van der Waals surface area contributed by atoms with Crippen LogP contribution in [0.3, 0.4) is 0 Å². The predicted molar refractivity (Wildman–Crippen MR) is 152 cm³/mol. The normalized spacial score (nSPS) is 16.6. The molecule has 0 unspecified atom stereocenters. The number of Topliss-reactive ketones (excluding diaryl/α,β-unsaturated/α-hetero) is 1. The van der Waals surface area contributed by atoms with Gasteiger partial charge in [0.15, 0.2) is 5.78 Å². The van der Waals surface area contributed by atoms with Crippen molar-refractivity contribution in [1.29, 1.82) is 0 Å². The fraction of sp³-hybridized carbons (Fsp3) is 0.452. The van der Waals surface area contributed by atoms with Gasteiger partial charge in [-0.05, 0) is 84.0 Å². The molecule has 0 radical (unpaired) electrons. The van der Waals surface area contributed by atoms with Crippen LogP contribution in [-0.2, 0) is 23.6 Å². The van der Waals surface area contributed by atoms with Crippen LogP contribution < -0.4 is 0 Å². The number of carbonyl (C=O) groups excluding carboxylic acids is 3. The minimum Gasteiger partial charge on any atom is -0.462 e. The molecule has 2 aromatic carbocycles. The predicted octanol–water partition coefficient (Wildman–Crippen LogP) is 6.50. The third kappa shape index (κ3) is 7.48. The smallest absolute Gasteiger partial charge is 0.462 e. The van der Waals surface area contributed by atoms with Gasteiger partial charge < -0.3 is 18.8 Å². The van der Waals surface area contributed by atoms with Gasteiger partial charge in [-0.2, -0.15) is 8.78 Å². The van der Waals surface area contributed by atoms with Crippen molar-refractivity contribution in [2.45, 2.75) is 77.9 Å². The highest BCUT2D eigenvalue weighted by atomic mass is 19.3. The molecule has 7 nitrogen and oxygen atoms in total. The minimum absolute atomic E-state index is 0.0251. The molecule has 0 bridgehead atoms. The summed E-state index contributed by atoms with van der Waals surface area (Å²) in [5.74, 6) is -6.32. The highest BCUT2D eigenvalue weighted by Crippen LogP contribution is 2.44. The number of ether oxygens (including phenoxy) is 2. The molecule has 0 aromatic heterocycles. The van der Waals surface area contributed by atoms with Crippen LogP contribution in [0.4, 0.5) is 8.78 Å². The van der Waals surface area contributed by atoms with Crippen LogP contribution >= 0.6 is 0 Å². The number of benzene rings is 2. The zero-order valence-electron chi connectivity index (χ0n) is 24.4. The monoisotopic (exact) mass is 570 g/mol. The Morgan fingerprint density at radius 2 is 1.39 bits per heavy atom. The second kappa shape index (κ2) is 13.1. The molecule has 0 amide bonds. The summed E-state index contributed by atoms with van der Waals surface area (Å²) in [6.45, 7) is 9.94. The highest BCUT2D eigenvalue weighted by molar-refractivity contribution is 6.69. The van der Waals surface area contributed by atoms with E-state index in [0.717, 1.165) is 0 Å². The summed E-state index contributed by atoms with van der Waals surface area (Å²) in [6.07, 6.45) is 0.229. The van der Waals surface area contributed by atoms with E-state index in [1.807, 2.05) is 27.7 Å². The fourth-order valence-electron chi connectivity index (χ4n) is 4.33. The lowest BCUT2D eigenvalue weighted by Crippen LogP contribution is -2.41. The van der Waals surface area contributed by atoms with E-state index in [0.29, 0.717) is 11.1 Å². The lowest BCUT2D eigenvalue weighted by molar-refractivity contribution is -0.166. The summed E-state index contributed by atoms with van der Waals surface area (Å²) < 4.78 is 54.1. The first-order valence-electron chi connectivity index (χ1n) is 13.7. The molecular formula is C31H37BF2O7. The number of esters is 2. The number of ketones is 1. The Bertz CT molecular complexity index is 1260. The van der Waals surface area contributed by atoms with Crippen molar-refractivity contribution in [2.75, 3.05) is 13.2 Å². The Morgan fingerprint density at radius 1 is 0.829 bits per heavy atom. The maximum absolute atomic E-state index is 15.8. The third-order valence-electron chi connectivity index (χ3n) is 7.39. The van der Waals surface area contributed by atoms with Crippen LogP contribution in [-0.4, -0.2) is 55.2 Å². The maximum atomic E-state index is 15.8. The largest absolute Gasteiger partial charge is 0.495 e. The summed E-state index contributed by atoms with van der Waals surface area (Å²) in [4.78, 5) is 36.4. The van der Waals surface area contributed by atoms with Crippen molar-refractivity contribution in [2.24, 2.45) is 0 Å². The quantitative estimate of drug-likeness (QED) is 0.125. The molecule has 0 saturated carbocycles. The van der Waals surface area contributed by atoms with E-state index in [-0.39, 0.29) is 49.3 Å². The van der Waals surface area contributed by atoms with Gasteiger partial charge in [0.2, 0.25) is 0 Å². The molecule has 0 atom stereocenters. The van der Waals surface area contributed by atoms with Crippen LogP contribution in [0.25, 0.3) is 5.47 Å². The average molecular weight is 570 g/mol. The Kier molecular flexibility index (Phi) is 10.3. The molecule has 1 heterocycles. The molecule has 0 spiro atoms. The second-order valence-corrected chi connectivity index (χ2v) is 10.9. The van der Waals surface area contributed by atoms with Crippen LogP contribution in [0, 0.1) is 0 Å². The van der Waals surface area contributed by atoms with E-state index in [1.54, 1.807) is 30.3 Å². The summed E-state index contributed by atoms with van der Waals surface area (Å²) in [6, 6.07) is 14.6. The summed E-state index contributed by atoms with van der Waals surface area (Å²) >= 11 is 0. The molecule has 10 heteroatoms. The first-order chi connectivity index (χ1) is 19.2. The van der Waals surface area contributed by atoms with Crippen molar-refractivity contribution < 1.29 is 41.9 Å². The molecule has 2 aromatic rings. The van der Waals surface area contributed by atoms with E-state index in [4.69, 9.17) is 18.8 Å². The minimum atomic E-state index is -3.96. The Balaban J connectivity index is 1.87. The molecule has 1 fully saturated rings. The fourth-order valence-corrected chi connectivity index (χ4v) is 4.33. The summed E-state index contributed by atoms with van der Waals surface area (Å²) in [5.41, 5.74) is -0.823. The lowest BCUT2D eigenvalue weighted by atomic mass is 9.69.